The van der Waals surface area contributed by atoms with Crippen molar-refractivity contribution in [2.45, 2.75) is 84.0 Å². The number of hydrogen-bond donors (Lipinski definition) is 1. The van der Waals surface area contributed by atoms with Gasteiger partial charge in [-0.2, -0.15) is 0 Å². The molecule has 0 heterocycles. The van der Waals surface area contributed by atoms with E-state index in [4.69, 9.17) is 5.11 Å². The molecule has 0 amide bonds. The Balaban J connectivity index is 2.98. The average molecular weight is 252 g/mol. The average Bonchev–Trinajstić information content (AvgIpc) is 2.39. The summed E-state index contributed by atoms with van der Waals surface area (Å²) >= 11 is 0. The summed E-state index contributed by atoms with van der Waals surface area (Å²) in [6.45, 7) is 2.27. The molecule has 1 N–H and O–H groups in total. The maximum absolute atomic E-state index is 8.43. The second-order valence-corrected chi connectivity index (χ2v) is 5.09. The van der Waals surface area contributed by atoms with Gasteiger partial charge in [0, 0.05) is 0 Å². The van der Waals surface area contributed by atoms with Gasteiger partial charge in [0.05, 0.1) is 6.26 Å². The Bertz CT molecular complexity index is 194. The molecule has 0 bridgehead atoms. The van der Waals surface area contributed by atoms with Gasteiger partial charge in [-0.25, -0.2) is 0 Å². The van der Waals surface area contributed by atoms with Gasteiger partial charge in [-0.1, -0.05) is 83.3 Å². The molecule has 0 atom stereocenters. The van der Waals surface area contributed by atoms with Gasteiger partial charge in [0.15, 0.2) is 0 Å². The van der Waals surface area contributed by atoms with E-state index in [1.54, 1.807) is 6.08 Å². The summed E-state index contributed by atoms with van der Waals surface area (Å²) in [7, 11) is 0. The lowest BCUT2D eigenvalue weighted by Crippen LogP contribution is -1.81. The van der Waals surface area contributed by atoms with Crippen LogP contribution in [-0.2, 0) is 0 Å². The minimum absolute atomic E-state index is 1.08. The van der Waals surface area contributed by atoms with Crippen molar-refractivity contribution in [1.82, 2.24) is 0 Å². The quantitative estimate of drug-likeness (QED) is 0.231. The molecule has 0 aliphatic carbocycles. The Morgan fingerprint density at radius 2 is 1.17 bits per heavy atom. The molecule has 0 aliphatic rings. The minimum Gasteiger partial charge on any atom is -0.516 e. The van der Waals surface area contributed by atoms with Crippen LogP contribution in [0.2, 0.25) is 0 Å². The molecule has 0 aromatic rings. The number of aliphatic hydroxyl groups excluding tert-OH is 1. The van der Waals surface area contributed by atoms with Gasteiger partial charge >= 0.3 is 0 Å². The lowest BCUT2D eigenvalue weighted by molar-refractivity contribution is 0.473. The molecule has 0 saturated carbocycles. The second-order valence-electron chi connectivity index (χ2n) is 5.09. The molecule has 0 radical (unpaired) electrons. The normalized spacial score (nSPS) is 11.8. The van der Waals surface area contributed by atoms with Crippen LogP contribution in [0.3, 0.4) is 0 Å². The van der Waals surface area contributed by atoms with E-state index in [0.29, 0.717) is 0 Å². The fourth-order valence-corrected chi connectivity index (χ4v) is 2.15. The Labute approximate surface area is 114 Å². The smallest absolute Gasteiger partial charge is 0.0791 e. The summed E-state index contributed by atoms with van der Waals surface area (Å²) in [5.74, 6) is 0. The Morgan fingerprint density at radius 3 is 1.67 bits per heavy atom. The molecule has 0 aliphatic heterocycles. The van der Waals surface area contributed by atoms with Crippen LogP contribution in [0.1, 0.15) is 84.0 Å². The summed E-state index contributed by atoms with van der Waals surface area (Å²) in [6, 6.07) is 0. The highest BCUT2D eigenvalue weighted by molar-refractivity contribution is 4.98. The van der Waals surface area contributed by atoms with E-state index in [0.717, 1.165) is 12.7 Å². The topological polar surface area (TPSA) is 20.2 Å². The van der Waals surface area contributed by atoms with Gasteiger partial charge < -0.3 is 5.11 Å². The summed E-state index contributed by atoms with van der Waals surface area (Å²) < 4.78 is 0. The number of allylic oxidation sites excluding steroid dienone is 3. The van der Waals surface area contributed by atoms with Gasteiger partial charge in [0.2, 0.25) is 0 Å². The predicted octanol–water partition coefficient (Wildman–Crippen LogP) is 6.32. The van der Waals surface area contributed by atoms with Crippen LogP contribution in [0.25, 0.3) is 0 Å². The van der Waals surface area contributed by atoms with Gasteiger partial charge in [0.1, 0.15) is 0 Å². The highest BCUT2D eigenvalue weighted by Crippen LogP contribution is 2.11. The Hall–Kier alpha value is -0.720. The van der Waals surface area contributed by atoms with Crippen molar-refractivity contribution in [3.8, 4) is 0 Å². The first kappa shape index (κ1) is 17.3. The zero-order valence-electron chi connectivity index (χ0n) is 12.2. The van der Waals surface area contributed by atoms with Crippen LogP contribution >= 0.6 is 0 Å². The third kappa shape index (κ3) is 15.3. The SMILES string of the molecule is CCCCCCCCCCCCC/C=C/C=C/O. The maximum Gasteiger partial charge on any atom is 0.0791 e. The van der Waals surface area contributed by atoms with Gasteiger partial charge in [-0.3, -0.25) is 0 Å². The van der Waals surface area contributed by atoms with Gasteiger partial charge in [-0.05, 0) is 18.9 Å². The summed E-state index contributed by atoms with van der Waals surface area (Å²) in [4.78, 5) is 0. The Kier molecular flexibility index (Phi) is 15.6. The molecule has 1 heteroatoms. The fraction of sp³-hybridized carbons (Fsp3) is 0.765. The van der Waals surface area contributed by atoms with E-state index >= 15 is 0 Å². The third-order valence-corrected chi connectivity index (χ3v) is 3.31. The first-order valence-corrected chi connectivity index (χ1v) is 7.87. The standard InChI is InChI=1S/C17H32O/c1-2-3-4-5-6-7-8-9-10-11-12-13-14-15-16-17-18/h14-18H,2-13H2,1H3/b15-14+,17-16+. The maximum atomic E-state index is 8.43. The van der Waals surface area contributed by atoms with Crippen LogP contribution in [0.4, 0.5) is 0 Å². The number of rotatable bonds is 13. The molecule has 0 saturated heterocycles. The van der Waals surface area contributed by atoms with Crippen molar-refractivity contribution in [3.05, 3.63) is 24.5 Å². The highest BCUT2D eigenvalue weighted by atomic mass is 16.2. The van der Waals surface area contributed by atoms with Crippen molar-refractivity contribution >= 4 is 0 Å². The second kappa shape index (κ2) is 16.3. The lowest BCUT2D eigenvalue weighted by atomic mass is 10.1. The zero-order chi connectivity index (χ0) is 13.3. The summed E-state index contributed by atoms with van der Waals surface area (Å²) in [5, 5.41) is 8.43. The van der Waals surface area contributed by atoms with Gasteiger partial charge in [-0.15, -0.1) is 0 Å². The summed E-state index contributed by atoms with van der Waals surface area (Å²) in [6.07, 6.45) is 23.3. The third-order valence-electron chi connectivity index (χ3n) is 3.31. The zero-order valence-corrected chi connectivity index (χ0v) is 12.2. The summed E-state index contributed by atoms with van der Waals surface area (Å²) in [5.41, 5.74) is 0. The molecule has 0 unspecified atom stereocenters. The van der Waals surface area contributed by atoms with Crippen molar-refractivity contribution < 1.29 is 5.11 Å². The van der Waals surface area contributed by atoms with Crippen LogP contribution < -0.4 is 0 Å². The number of unbranched alkanes of at least 4 members (excludes halogenated alkanes) is 11. The molecule has 0 aromatic carbocycles. The van der Waals surface area contributed by atoms with E-state index in [9.17, 15) is 0 Å². The highest BCUT2D eigenvalue weighted by Gasteiger charge is 1.92. The van der Waals surface area contributed by atoms with Crippen LogP contribution in [0.15, 0.2) is 24.5 Å². The first-order valence-electron chi connectivity index (χ1n) is 7.87. The van der Waals surface area contributed by atoms with Crippen LogP contribution in [0.5, 0.6) is 0 Å². The van der Waals surface area contributed by atoms with E-state index in [-0.39, 0.29) is 0 Å². The molecule has 18 heavy (non-hydrogen) atoms. The van der Waals surface area contributed by atoms with E-state index in [1.807, 2.05) is 6.08 Å². The molecular formula is C17H32O. The molecule has 0 aromatic heterocycles. The Morgan fingerprint density at radius 1 is 0.667 bits per heavy atom. The molecule has 0 rings (SSSR count). The van der Waals surface area contributed by atoms with Crippen LogP contribution in [0, 0.1) is 0 Å². The van der Waals surface area contributed by atoms with Crippen LogP contribution in [-0.4, -0.2) is 5.11 Å². The van der Waals surface area contributed by atoms with Crippen molar-refractivity contribution in [2.75, 3.05) is 0 Å². The van der Waals surface area contributed by atoms with E-state index in [2.05, 4.69) is 13.0 Å². The van der Waals surface area contributed by atoms with Gasteiger partial charge in [0.25, 0.3) is 0 Å². The lowest BCUT2D eigenvalue weighted by Gasteiger charge is -2.01. The molecular weight excluding hydrogens is 220 g/mol. The molecule has 106 valence electrons. The predicted molar refractivity (Wildman–Crippen MR) is 82.0 cm³/mol. The first-order chi connectivity index (χ1) is 8.91. The number of aliphatic hydroxyl groups is 1. The van der Waals surface area contributed by atoms with Crippen molar-refractivity contribution in [1.29, 1.82) is 0 Å². The minimum atomic E-state index is 1.08. The monoisotopic (exact) mass is 252 g/mol. The number of hydrogen-bond acceptors (Lipinski definition) is 1. The van der Waals surface area contributed by atoms with E-state index < -0.39 is 0 Å². The van der Waals surface area contributed by atoms with E-state index in [1.165, 1.54) is 70.6 Å². The van der Waals surface area contributed by atoms with Crippen molar-refractivity contribution in [3.63, 3.8) is 0 Å². The van der Waals surface area contributed by atoms with Crippen molar-refractivity contribution in [2.24, 2.45) is 0 Å². The fourth-order valence-electron chi connectivity index (χ4n) is 2.15. The molecule has 0 spiro atoms. The largest absolute Gasteiger partial charge is 0.516 e. The molecule has 0 fully saturated rings. The molecule has 1 nitrogen and oxygen atoms in total.